The number of primary sulfonamides is 2. The van der Waals surface area contributed by atoms with Gasteiger partial charge in [0.25, 0.3) is 16.7 Å². The topological polar surface area (TPSA) is 216 Å². The maximum Gasteiger partial charge on any atom is 0.263 e. The fourth-order valence-corrected chi connectivity index (χ4v) is 11.8. The third kappa shape index (κ3) is 9.91. The first kappa shape index (κ1) is 55.4. The first-order valence-electron chi connectivity index (χ1n) is 24.8. The Balaban J connectivity index is 0.000000136. The number of nitrogens with two attached hydrogens (primary N) is 2. The molecule has 0 radical (unpaired) electrons. The molecule has 0 aliphatic heterocycles. The number of likely N-dealkylation sites (N-methyl/N-ethyl adjacent to an activating group) is 1. The van der Waals surface area contributed by atoms with Gasteiger partial charge in [0, 0.05) is 99.0 Å². The molecule has 406 valence electrons. The van der Waals surface area contributed by atoms with Crippen molar-refractivity contribution in [1.29, 1.82) is 0 Å². The number of sulfonamides is 2. The van der Waals surface area contributed by atoms with Crippen LogP contribution >= 0.6 is 15.9 Å². The minimum atomic E-state index is -3.79. The molecule has 81 heavy (non-hydrogen) atoms. The lowest BCUT2D eigenvalue weighted by molar-refractivity contribution is 0.379. The summed E-state index contributed by atoms with van der Waals surface area (Å²) >= 11 is 3.52. The second kappa shape index (κ2) is 21.3. The number of para-hydroxylation sites is 2. The zero-order valence-corrected chi connectivity index (χ0v) is 46.3. The molecule has 0 fully saturated rings. The number of hydrogen-bond acceptors (Lipinski definition) is 10. The van der Waals surface area contributed by atoms with Crippen LogP contribution in [0.3, 0.4) is 0 Å². The molecular weight excluding hydrogens is 1130 g/mol. The van der Waals surface area contributed by atoms with E-state index >= 15 is 0 Å². The fourth-order valence-electron chi connectivity index (χ4n) is 10.3. The summed E-state index contributed by atoms with van der Waals surface area (Å²) in [6.45, 7) is 13.8. The average Bonchev–Trinajstić information content (AvgIpc) is 3.88. The smallest absolute Gasteiger partial charge is 0.263 e. The molecule has 13 rings (SSSR count). The van der Waals surface area contributed by atoms with E-state index in [-0.39, 0.29) is 33.9 Å². The van der Waals surface area contributed by atoms with Gasteiger partial charge in [-0.1, -0.05) is 122 Å². The van der Waals surface area contributed by atoms with Crippen molar-refractivity contribution in [3.05, 3.63) is 221 Å². The highest BCUT2D eigenvalue weighted by Crippen LogP contribution is 2.34. The van der Waals surface area contributed by atoms with Gasteiger partial charge in [-0.05, 0) is 121 Å². The lowest BCUT2D eigenvalue weighted by Crippen LogP contribution is -2.36. The summed E-state index contributed by atoms with van der Waals surface area (Å²) in [5.74, 6) is 0.558. The van der Waals surface area contributed by atoms with Crippen LogP contribution in [0, 0.1) is 0 Å². The number of oxazole rings is 1. The third-order valence-corrected chi connectivity index (χ3v) is 16.8. The standard InChI is InChI=1S/C24H21N3O2.C19H13BrN2O3S.C19H14N2O3S.CH4/c1-15-16-11-12-18(23-25-20-9-4-5-10-21(20)29-23)17-7-6-8-19(22(16)17)24(28)27(15)14-13-26(2)3;1-11-14-9-10-17(20)15-3-2-4-16(18(14)15)19(23)22(11)12-5-7-13(8-6-12)26(21,24)25;1-12-16-6-2-4-13-5-3-7-17(18(13)16)19(22)21(12)14-8-10-15(11-9-14)25(20,23)24;/h4-12H,1,13-14H2,2-3H3;2-10H,1H2,(H2,21,24,25);2-11H,1H2,(H2,20,23,24);1H4. The van der Waals surface area contributed by atoms with Crippen LogP contribution in [0.4, 0.5) is 0 Å². The number of pyridine rings is 3. The van der Waals surface area contributed by atoms with Crippen molar-refractivity contribution in [2.24, 2.45) is 10.3 Å². The van der Waals surface area contributed by atoms with Gasteiger partial charge >= 0.3 is 0 Å². The van der Waals surface area contributed by atoms with Gasteiger partial charge in [0.15, 0.2) is 5.58 Å². The first-order valence-corrected chi connectivity index (χ1v) is 28.7. The van der Waals surface area contributed by atoms with Crippen LogP contribution in [-0.4, -0.2) is 61.1 Å². The van der Waals surface area contributed by atoms with E-state index in [0.717, 1.165) is 81.5 Å². The lowest BCUT2D eigenvalue weighted by atomic mass is 9.97. The molecule has 4 aromatic heterocycles. The van der Waals surface area contributed by atoms with Crippen LogP contribution in [-0.2, 0) is 26.6 Å². The van der Waals surface area contributed by atoms with E-state index in [1.54, 1.807) is 41.0 Å². The summed E-state index contributed by atoms with van der Waals surface area (Å²) < 4.78 is 57.4. The van der Waals surface area contributed by atoms with Gasteiger partial charge in [0.1, 0.15) is 5.52 Å². The Bertz CT molecular complexity index is 5100. The van der Waals surface area contributed by atoms with Crippen molar-refractivity contribution in [3.8, 4) is 22.8 Å². The van der Waals surface area contributed by atoms with Crippen molar-refractivity contribution < 1.29 is 21.3 Å². The minimum absolute atomic E-state index is 0. The molecule has 18 heteroatoms. The summed E-state index contributed by atoms with van der Waals surface area (Å²) in [7, 11) is -3.58. The van der Waals surface area contributed by atoms with Crippen molar-refractivity contribution in [2.75, 3.05) is 20.6 Å². The van der Waals surface area contributed by atoms with Gasteiger partial charge in [-0.25, -0.2) is 32.1 Å². The first-order chi connectivity index (χ1) is 38.2. The molecule has 4 N–H and O–H groups in total. The van der Waals surface area contributed by atoms with Crippen molar-refractivity contribution >= 4 is 131 Å². The molecule has 0 aliphatic carbocycles. The predicted molar refractivity (Wildman–Crippen MR) is 331 cm³/mol. The van der Waals surface area contributed by atoms with E-state index in [0.29, 0.717) is 50.7 Å². The average molecular weight is 1180 g/mol. The molecule has 15 nitrogen and oxygen atoms in total. The van der Waals surface area contributed by atoms with Gasteiger partial charge in [-0.2, -0.15) is 0 Å². The molecular formula is C63H52BrN7O8S2. The third-order valence-electron chi connectivity index (χ3n) is 14.2. The van der Waals surface area contributed by atoms with E-state index in [9.17, 15) is 31.2 Å². The molecule has 0 atom stereocenters. The van der Waals surface area contributed by atoms with Crippen LogP contribution in [0.25, 0.3) is 118 Å². The number of fused-ring (bicyclic) bond motifs is 1. The van der Waals surface area contributed by atoms with Gasteiger partial charge in [0.05, 0.1) is 9.79 Å². The summed E-state index contributed by atoms with van der Waals surface area (Å²) in [4.78, 5) is 46.0. The molecule has 0 amide bonds. The van der Waals surface area contributed by atoms with E-state index in [4.69, 9.17) is 14.7 Å². The Labute approximate surface area is 472 Å². The highest BCUT2D eigenvalue weighted by atomic mass is 79.9. The SMILES string of the molecule is C.C=c1c2ccc(-c3nc4ccccc4o3)c3cccc(c(=O)n1CCN(C)C)c32.C=c1c2ccc(Br)c3cccc(c(=O)n1-c1ccc(S(N)(=O)=O)cc1)c32.C=c1c2cccc3cccc(c(=O)n1-c1ccc(S(N)(=O)=O)cc1)c32. The summed E-state index contributed by atoms with van der Waals surface area (Å²) in [6.07, 6.45) is 0. The summed E-state index contributed by atoms with van der Waals surface area (Å²) in [5, 5.41) is 22.2. The zero-order valence-electron chi connectivity index (χ0n) is 43.1. The number of hydrogen-bond donors (Lipinski definition) is 2. The van der Waals surface area contributed by atoms with Crippen molar-refractivity contribution in [3.63, 3.8) is 0 Å². The van der Waals surface area contributed by atoms with Crippen molar-refractivity contribution in [2.45, 2.75) is 23.8 Å². The molecule has 0 saturated carbocycles. The van der Waals surface area contributed by atoms with Crippen LogP contribution < -0.4 is 43.0 Å². The maximum absolute atomic E-state index is 13.2. The van der Waals surface area contributed by atoms with E-state index in [2.05, 4.69) is 45.6 Å². The Morgan fingerprint density at radius 3 is 1.53 bits per heavy atom. The largest absolute Gasteiger partial charge is 0.436 e. The molecule has 4 heterocycles. The van der Waals surface area contributed by atoms with Crippen LogP contribution in [0.1, 0.15) is 7.43 Å². The highest BCUT2D eigenvalue weighted by Gasteiger charge is 2.19. The minimum Gasteiger partial charge on any atom is -0.436 e. The number of halogens is 1. The molecule has 0 aliphatic rings. The van der Waals surface area contributed by atoms with Gasteiger partial charge in [0.2, 0.25) is 25.9 Å². The van der Waals surface area contributed by atoms with Gasteiger partial charge in [-0.15, -0.1) is 0 Å². The molecule has 9 aromatic carbocycles. The molecule has 0 saturated heterocycles. The normalized spacial score (nSPS) is 11.9. The second-order valence-corrected chi connectivity index (χ2v) is 23.3. The lowest BCUT2D eigenvalue weighted by Gasteiger charge is -2.16. The Kier molecular flexibility index (Phi) is 14.6. The van der Waals surface area contributed by atoms with E-state index < -0.39 is 20.0 Å². The predicted octanol–water partition coefficient (Wildman–Crippen LogP) is 8.89. The van der Waals surface area contributed by atoms with Crippen molar-refractivity contribution in [1.82, 2.24) is 23.6 Å². The summed E-state index contributed by atoms with van der Waals surface area (Å²) in [6, 6.07) is 50.1. The second-order valence-electron chi connectivity index (χ2n) is 19.4. The number of rotatable bonds is 8. The van der Waals surface area contributed by atoms with E-state index in [1.807, 2.05) is 123 Å². The number of benzene rings is 9. The monoisotopic (exact) mass is 1180 g/mol. The Hall–Kier alpha value is -8.88. The maximum atomic E-state index is 13.2. The molecule has 0 unspecified atom stereocenters. The summed E-state index contributed by atoms with van der Waals surface area (Å²) in [5.41, 5.74) is 3.09. The zero-order chi connectivity index (χ0) is 56.5. The van der Waals surface area contributed by atoms with Gasteiger partial charge in [-0.3, -0.25) is 23.5 Å². The van der Waals surface area contributed by atoms with E-state index in [1.165, 1.54) is 33.4 Å². The van der Waals surface area contributed by atoms with Crippen LogP contribution in [0.2, 0.25) is 0 Å². The number of nitrogens with zero attached hydrogens (tertiary/aromatic N) is 5. The highest BCUT2D eigenvalue weighted by molar-refractivity contribution is 9.10. The van der Waals surface area contributed by atoms with Crippen LogP contribution in [0.15, 0.2) is 203 Å². The Morgan fingerprint density at radius 1 is 0.519 bits per heavy atom. The quantitative estimate of drug-likeness (QED) is 0.147. The van der Waals surface area contributed by atoms with Gasteiger partial charge < -0.3 is 13.9 Å². The Morgan fingerprint density at radius 2 is 0.975 bits per heavy atom. The molecule has 0 spiro atoms. The molecule has 0 bridgehead atoms. The molecule has 13 aromatic rings. The van der Waals surface area contributed by atoms with Crippen LogP contribution in [0.5, 0.6) is 0 Å². The fraction of sp³-hybridized carbons (Fsp3) is 0.0794. The number of aromatic nitrogens is 4.